The highest BCUT2D eigenvalue weighted by Crippen LogP contribution is 2.44. The van der Waals surface area contributed by atoms with E-state index in [1.807, 2.05) is 0 Å². The highest BCUT2D eigenvalue weighted by molar-refractivity contribution is 5.79. The fourth-order valence-corrected chi connectivity index (χ4v) is 5.90. The molecule has 1 amide bonds. The molecule has 4 rings (SSSR count). The van der Waals surface area contributed by atoms with E-state index < -0.39 is 11.7 Å². The normalized spacial score (nSPS) is 29.6. The maximum atomic E-state index is 12.9. The number of alkyl halides is 3. The van der Waals surface area contributed by atoms with Gasteiger partial charge < -0.3 is 20.1 Å². The number of halogens is 3. The summed E-state index contributed by atoms with van der Waals surface area (Å²) in [5.74, 6) is 1.86. The molecule has 5 unspecified atom stereocenters. The summed E-state index contributed by atoms with van der Waals surface area (Å²) in [6, 6.07) is 5.10. The van der Waals surface area contributed by atoms with Crippen molar-refractivity contribution >= 4 is 5.91 Å². The predicted octanol–water partition coefficient (Wildman–Crippen LogP) is 4.10. The van der Waals surface area contributed by atoms with Gasteiger partial charge in [0.05, 0.1) is 12.2 Å². The first-order valence-electron chi connectivity index (χ1n) is 12.2. The van der Waals surface area contributed by atoms with E-state index in [9.17, 15) is 18.0 Å². The summed E-state index contributed by atoms with van der Waals surface area (Å²) in [4.78, 5) is 15.1. The Labute approximate surface area is 193 Å². The van der Waals surface area contributed by atoms with Crippen LogP contribution in [-0.4, -0.2) is 54.3 Å². The molecular formula is C25H35F3N2O3. The van der Waals surface area contributed by atoms with Crippen LogP contribution in [0.4, 0.5) is 13.2 Å². The summed E-state index contributed by atoms with van der Waals surface area (Å²) in [6.45, 7) is 4.76. The summed E-state index contributed by atoms with van der Waals surface area (Å²) in [5.41, 5.74) is -0.667. The molecule has 5 atom stereocenters. The Morgan fingerprint density at radius 3 is 2.58 bits per heavy atom. The lowest BCUT2D eigenvalue weighted by molar-refractivity contribution is -0.137. The van der Waals surface area contributed by atoms with Crippen molar-refractivity contribution in [1.29, 1.82) is 0 Å². The zero-order valence-electron chi connectivity index (χ0n) is 19.2. The van der Waals surface area contributed by atoms with E-state index in [-0.39, 0.29) is 30.6 Å². The summed E-state index contributed by atoms with van der Waals surface area (Å²) in [7, 11) is 0. The number of rotatable bonds is 7. The van der Waals surface area contributed by atoms with E-state index in [4.69, 9.17) is 9.84 Å². The molecule has 1 aromatic carbocycles. The zero-order valence-corrected chi connectivity index (χ0v) is 19.2. The number of hydrogen-bond acceptors (Lipinski definition) is 4. The third-order valence-corrected chi connectivity index (χ3v) is 7.90. The molecule has 0 spiro atoms. The molecule has 2 aliphatic carbocycles. The van der Waals surface area contributed by atoms with Crippen molar-refractivity contribution in [1.82, 2.24) is 10.2 Å². The summed E-state index contributed by atoms with van der Waals surface area (Å²) in [5, 5.41) is 12.2. The molecule has 1 saturated heterocycles. The van der Waals surface area contributed by atoms with E-state index in [0.717, 1.165) is 63.7 Å². The molecule has 3 aliphatic rings. The van der Waals surface area contributed by atoms with Crippen LogP contribution in [0.15, 0.2) is 24.3 Å². The number of aliphatic hydroxyl groups excluding tert-OH is 1. The van der Waals surface area contributed by atoms with Crippen LogP contribution in [0.2, 0.25) is 0 Å². The second-order valence-corrected chi connectivity index (χ2v) is 10.1. The highest BCUT2D eigenvalue weighted by atomic mass is 19.4. The maximum absolute atomic E-state index is 12.9. The molecule has 1 heterocycles. The Bertz CT molecular complexity index is 795. The average molecular weight is 469 g/mol. The van der Waals surface area contributed by atoms with E-state index >= 15 is 0 Å². The number of aliphatic hydroxyl groups is 1. The van der Waals surface area contributed by atoms with Crippen LogP contribution in [0.3, 0.4) is 0 Å². The topological polar surface area (TPSA) is 61.8 Å². The molecule has 8 heteroatoms. The van der Waals surface area contributed by atoms with Gasteiger partial charge in [0.25, 0.3) is 0 Å². The molecule has 1 aliphatic heterocycles. The summed E-state index contributed by atoms with van der Waals surface area (Å²) < 4.78 is 44.6. The van der Waals surface area contributed by atoms with Crippen molar-refractivity contribution in [2.45, 2.75) is 63.8 Å². The zero-order chi connectivity index (χ0) is 23.6. The van der Waals surface area contributed by atoms with Gasteiger partial charge >= 0.3 is 6.18 Å². The quantitative estimate of drug-likeness (QED) is 0.633. The van der Waals surface area contributed by atoms with Gasteiger partial charge in [-0.25, -0.2) is 0 Å². The smallest absolute Gasteiger partial charge is 0.416 e. The van der Waals surface area contributed by atoms with Crippen molar-refractivity contribution in [3.63, 3.8) is 0 Å². The van der Waals surface area contributed by atoms with E-state index in [0.29, 0.717) is 30.0 Å². The first-order valence-corrected chi connectivity index (χ1v) is 12.2. The minimum Gasteiger partial charge on any atom is -0.490 e. The number of nitrogens with zero attached hydrogens (tertiary/aromatic N) is 1. The van der Waals surface area contributed by atoms with Gasteiger partial charge in [0, 0.05) is 37.5 Å². The Balaban J connectivity index is 1.27. The Kier molecular flexibility index (Phi) is 7.53. The molecule has 33 heavy (non-hydrogen) atoms. The number of β-amino-alcohol motifs (C(OH)–C–C–N with tert-alkyl or cyclic N) is 1. The number of fused-ring (bicyclic) bond motifs is 1. The monoisotopic (exact) mass is 468 g/mol. The number of ether oxygens (including phenoxy) is 1. The van der Waals surface area contributed by atoms with E-state index in [1.54, 1.807) is 0 Å². The fraction of sp³-hybridized carbons (Fsp3) is 0.720. The van der Waals surface area contributed by atoms with Crippen molar-refractivity contribution in [3.05, 3.63) is 29.8 Å². The van der Waals surface area contributed by atoms with Crippen molar-refractivity contribution in [2.24, 2.45) is 23.7 Å². The van der Waals surface area contributed by atoms with Crippen molar-refractivity contribution in [2.75, 3.05) is 26.2 Å². The summed E-state index contributed by atoms with van der Waals surface area (Å²) >= 11 is 0. The van der Waals surface area contributed by atoms with Crippen LogP contribution in [-0.2, 0) is 11.0 Å². The van der Waals surface area contributed by atoms with Crippen LogP contribution < -0.4 is 10.1 Å². The van der Waals surface area contributed by atoms with Gasteiger partial charge in [-0.05, 0) is 81.5 Å². The third-order valence-electron chi connectivity index (χ3n) is 7.90. The molecule has 0 radical (unpaired) electrons. The number of carbonyl (C=O) groups excluding carboxylic acids is 1. The van der Waals surface area contributed by atoms with Crippen LogP contribution in [0, 0.1) is 23.7 Å². The van der Waals surface area contributed by atoms with Crippen LogP contribution >= 0.6 is 0 Å². The van der Waals surface area contributed by atoms with Crippen LogP contribution in [0.25, 0.3) is 0 Å². The second-order valence-electron chi connectivity index (χ2n) is 10.1. The van der Waals surface area contributed by atoms with Gasteiger partial charge in [0.2, 0.25) is 5.91 Å². The highest BCUT2D eigenvalue weighted by Gasteiger charge is 2.42. The molecule has 2 N–H and O–H groups in total. The van der Waals surface area contributed by atoms with Gasteiger partial charge in [-0.15, -0.1) is 0 Å². The SMILES string of the molecule is CC(NC(=O)C1CCC2C(CCCC2Oc2ccc(C(F)(F)F)cc2)C1)C1CN(CCO)C1. The standard InChI is InChI=1S/C25H35F3N2O3/c1-16(19-14-30(15-19)11-12-31)29-24(32)18-5-10-22-17(13-18)3-2-4-23(22)33-21-8-6-20(7-9-21)25(26,27)28/h6-9,16-19,22-23,31H,2-5,10-15H2,1H3,(H,29,32). The van der Waals surface area contributed by atoms with Crippen LogP contribution in [0.5, 0.6) is 5.75 Å². The molecule has 3 fully saturated rings. The molecule has 2 saturated carbocycles. The van der Waals surface area contributed by atoms with Gasteiger partial charge in [-0.1, -0.05) is 0 Å². The average Bonchev–Trinajstić information content (AvgIpc) is 2.75. The predicted molar refractivity (Wildman–Crippen MR) is 119 cm³/mol. The van der Waals surface area contributed by atoms with Gasteiger partial charge in [0.1, 0.15) is 11.9 Å². The maximum Gasteiger partial charge on any atom is 0.416 e. The Morgan fingerprint density at radius 1 is 1.18 bits per heavy atom. The number of hydrogen-bond donors (Lipinski definition) is 2. The molecule has 184 valence electrons. The fourth-order valence-electron chi connectivity index (χ4n) is 5.90. The molecule has 0 aromatic heterocycles. The first kappa shape index (κ1) is 24.3. The number of likely N-dealkylation sites (tertiary alicyclic amines) is 1. The third kappa shape index (κ3) is 5.83. The number of nitrogens with one attached hydrogen (secondary N) is 1. The second kappa shape index (κ2) is 10.2. The Hall–Kier alpha value is -1.80. The largest absolute Gasteiger partial charge is 0.490 e. The molecule has 1 aromatic rings. The lowest BCUT2D eigenvalue weighted by atomic mass is 9.66. The molecular weight excluding hydrogens is 433 g/mol. The molecule has 5 nitrogen and oxygen atoms in total. The number of benzene rings is 1. The minimum absolute atomic E-state index is 0.00379. The van der Waals surface area contributed by atoms with Crippen LogP contribution in [0.1, 0.15) is 51.0 Å². The first-order chi connectivity index (χ1) is 15.7. The minimum atomic E-state index is -4.34. The lowest BCUT2D eigenvalue weighted by Gasteiger charge is -2.44. The number of carbonyl (C=O) groups is 1. The number of amides is 1. The Morgan fingerprint density at radius 2 is 1.91 bits per heavy atom. The van der Waals surface area contributed by atoms with Crippen molar-refractivity contribution in [3.8, 4) is 5.75 Å². The van der Waals surface area contributed by atoms with Gasteiger partial charge in [-0.3, -0.25) is 4.79 Å². The van der Waals surface area contributed by atoms with E-state index in [1.165, 1.54) is 12.1 Å². The van der Waals surface area contributed by atoms with Gasteiger partial charge in [0.15, 0.2) is 0 Å². The van der Waals surface area contributed by atoms with E-state index in [2.05, 4.69) is 17.1 Å². The van der Waals surface area contributed by atoms with Crippen molar-refractivity contribution < 1.29 is 27.8 Å². The summed E-state index contributed by atoms with van der Waals surface area (Å²) in [6.07, 6.45) is 1.25. The molecule has 0 bridgehead atoms. The van der Waals surface area contributed by atoms with Gasteiger partial charge in [-0.2, -0.15) is 13.2 Å². The lowest BCUT2D eigenvalue weighted by Crippen LogP contribution is -2.57.